The van der Waals surface area contributed by atoms with Gasteiger partial charge in [-0.1, -0.05) is 52.2 Å². The van der Waals surface area contributed by atoms with Crippen molar-refractivity contribution in [2.24, 2.45) is 11.8 Å². The van der Waals surface area contributed by atoms with E-state index in [-0.39, 0.29) is 10.7 Å². The lowest BCUT2D eigenvalue weighted by molar-refractivity contribution is 0.278. The molecule has 1 nitrogen and oxygen atoms in total. The molecule has 1 aliphatic carbocycles. The van der Waals surface area contributed by atoms with E-state index in [4.69, 9.17) is 5.26 Å². The summed E-state index contributed by atoms with van der Waals surface area (Å²) in [6.45, 7) is 7.98. The molecule has 1 rings (SSSR count). The highest BCUT2D eigenvalue weighted by molar-refractivity contribution is 8.07. The fraction of sp³-hybridized carbons (Fsp3) is 0.611. The van der Waals surface area contributed by atoms with E-state index < -0.39 is 0 Å². The lowest BCUT2D eigenvalue weighted by atomic mass is 9.80. The summed E-state index contributed by atoms with van der Waals surface area (Å²) >= 11 is 0.786. The number of allylic oxidation sites excluding steroid dienone is 4. The van der Waals surface area contributed by atoms with Crippen molar-refractivity contribution >= 4 is 11.8 Å². The summed E-state index contributed by atoms with van der Waals surface area (Å²) in [6.07, 6.45) is 11.9. The second kappa shape index (κ2) is 9.84. The molecule has 0 aromatic rings. The molecule has 0 aromatic heterocycles. The quantitative estimate of drug-likeness (QED) is 0.395. The SMILES string of the molecule is C=C(SC#N)/C(F)=C\C(=C/CC)CCC1CCC(C)CC1. The number of thiocyanates is 1. The van der Waals surface area contributed by atoms with Crippen LogP contribution in [-0.2, 0) is 0 Å². The Morgan fingerprint density at radius 1 is 1.38 bits per heavy atom. The lowest BCUT2D eigenvalue weighted by Crippen LogP contribution is -2.12. The van der Waals surface area contributed by atoms with Gasteiger partial charge in [-0.25, -0.2) is 4.39 Å². The van der Waals surface area contributed by atoms with Gasteiger partial charge in [-0.2, -0.15) is 5.26 Å². The number of rotatable bonds is 7. The second-order valence-electron chi connectivity index (χ2n) is 5.96. The van der Waals surface area contributed by atoms with Gasteiger partial charge < -0.3 is 0 Å². The summed E-state index contributed by atoms with van der Waals surface area (Å²) in [7, 11) is 0. The molecule has 0 radical (unpaired) electrons. The first kappa shape index (κ1) is 18.0. The molecule has 1 fully saturated rings. The topological polar surface area (TPSA) is 23.8 Å². The second-order valence-corrected chi connectivity index (χ2v) is 6.84. The van der Waals surface area contributed by atoms with Gasteiger partial charge in [-0.3, -0.25) is 0 Å². The van der Waals surface area contributed by atoms with Crippen LogP contribution in [-0.4, -0.2) is 0 Å². The summed E-state index contributed by atoms with van der Waals surface area (Å²) in [4.78, 5) is 0.200. The first-order valence-corrected chi connectivity index (χ1v) is 8.69. The maximum Gasteiger partial charge on any atom is 0.138 e. The van der Waals surface area contributed by atoms with Crippen LogP contribution in [0.3, 0.4) is 0 Å². The molecule has 0 amide bonds. The van der Waals surface area contributed by atoms with Crippen LogP contribution < -0.4 is 0 Å². The van der Waals surface area contributed by atoms with Gasteiger partial charge in [0.15, 0.2) is 0 Å². The van der Waals surface area contributed by atoms with Gasteiger partial charge in [0.2, 0.25) is 0 Å². The Hall–Kier alpha value is -1.01. The van der Waals surface area contributed by atoms with Crippen LogP contribution in [0.15, 0.2) is 35.0 Å². The van der Waals surface area contributed by atoms with Crippen LogP contribution in [0.2, 0.25) is 0 Å². The van der Waals surface area contributed by atoms with E-state index in [1.807, 2.05) is 5.40 Å². The van der Waals surface area contributed by atoms with E-state index in [1.54, 1.807) is 6.08 Å². The van der Waals surface area contributed by atoms with Crippen LogP contribution in [0.5, 0.6) is 0 Å². The molecule has 21 heavy (non-hydrogen) atoms. The zero-order chi connectivity index (χ0) is 15.7. The van der Waals surface area contributed by atoms with Crippen molar-refractivity contribution in [3.8, 4) is 5.40 Å². The highest BCUT2D eigenvalue weighted by Gasteiger charge is 2.18. The Morgan fingerprint density at radius 2 is 2.05 bits per heavy atom. The molecule has 0 bridgehead atoms. The van der Waals surface area contributed by atoms with Gasteiger partial charge in [0.05, 0.1) is 4.91 Å². The third kappa shape index (κ3) is 7.00. The number of nitriles is 1. The van der Waals surface area contributed by atoms with Crippen molar-refractivity contribution in [2.45, 2.75) is 58.8 Å². The molecule has 1 aliphatic rings. The van der Waals surface area contributed by atoms with Crippen molar-refractivity contribution in [1.82, 2.24) is 0 Å². The lowest BCUT2D eigenvalue weighted by Gasteiger charge is -2.26. The van der Waals surface area contributed by atoms with Crippen LogP contribution in [0.25, 0.3) is 0 Å². The minimum atomic E-state index is -0.376. The third-order valence-electron chi connectivity index (χ3n) is 4.19. The highest BCUT2D eigenvalue weighted by atomic mass is 32.2. The fourth-order valence-electron chi connectivity index (χ4n) is 2.83. The Labute approximate surface area is 133 Å². The Kier molecular flexibility index (Phi) is 8.45. The normalized spacial score (nSPS) is 23.7. The van der Waals surface area contributed by atoms with Crippen LogP contribution >= 0.6 is 11.8 Å². The van der Waals surface area contributed by atoms with Gasteiger partial charge in [-0.15, -0.1) is 0 Å². The van der Waals surface area contributed by atoms with Crippen molar-refractivity contribution in [3.63, 3.8) is 0 Å². The molecule has 0 atom stereocenters. The predicted octanol–water partition coefficient (Wildman–Crippen LogP) is 6.51. The van der Waals surface area contributed by atoms with Crippen LogP contribution in [0.1, 0.15) is 58.8 Å². The average Bonchev–Trinajstić information content (AvgIpc) is 2.46. The monoisotopic (exact) mass is 307 g/mol. The molecule has 116 valence electrons. The number of nitrogens with zero attached hydrogens (tertiary/aromatic N) is 1. The van der Waals surface area contributed by atoms with Gasteiger partial charge >= 0.3 is 0 Å². The maximum atomic E-state index is 13.9. The molecule has 0 saturated heterocycles. The Balaban J connectivity index is 2.54. The van der Waals surface area contributed by atoms with E-state index in [2.05, 4.69) is 26.5 Å². The van der Waals surface area contributed by atoms with E-state index >= 15 is 0 Å². The van der Waals surface area contributed by atoms with Crippen LogP contribution in [0.4, 0.5) is 4.39 Å². The predicted molar refractivity (Wildman–Crippen MR) is 90.3 cm³/mol. The van der Waals surface area contributed by atoms with Gasteiger partial charge in [0.25, 0.3) is 0 Å². The first-order valence-electron chi connectivity index (χ1n) is 7.88. The number of halogens is 1. The minimum absolute atomic E-state index is 0.200. The van der Waals surface area contributed by atoms with Crippen LogP contribution in [0, 0.1) is 22.5 Å². The summed E-state index contributed by atoms with van der Waals surface area (Å²) in [5, 5.41) is 10.4. The molecule has 0 spiro atoms. The van der Waals surface area contributed by atoms with Crippen molar-refractivity contribution in [2.75, 3.05) is 0 Å². The zero-order valence-corrected chi connectivity index (χ0v) is 14.0. The standard InChI is InChI=1S/C18H26FNS/c1-4-5-17(12-18(19)15(3)21-13-20)11-10-16-8-6-14(2)7-9-16/h5,12,14,16H,3-4,6-11H2,1-2H3/b17-5-,18-12+. The minimum Gasteiger partial charge on any atom is -0.206 e. The molecule has 0 aromatic carbocycles. The number of hydrogen-bond donors (Lipinski definition) is 0. The molecule has 0 aliphatic heterocycles. The summed E-state index contributed by atoms with van der Waals surface area (Å²) in [6, 6.07) is 0. The summed E-state index contributed by atoms with van der Waals surface area (Å²) in [5.74, 6) is 1.28. The molecule has 0 heterocycles. The summed E-state index contributed by atoms with van der Waals surface area (Å²) < 4.78 is 13.9. The van der Waals surface area contributed by atoms with Crippen molar-refractivity contribution in [3.05, 3.63) is 35.0 Å². The maximum absolute atomic E-state index is 13.9. The van der Waals surface area contributed by atoms with E-state index in [1.165, 1.54) is 25.7 Å². The number of hydrogen-bond acceptors (Lipinski definition) is 2. The molecule has 0 N–H and O–H groups in total. The van der Waals surface area contributed by atoms with Crippen molar-refractivity contribution in [1.29, 1.82) is 5.26 Å². The third-order valence-corrected chi connectivity index (χ3v) is 4.72. The van der Waals surface area contributed by atoms with E-state index in [0.717, 1.165) is 48.4 Å². The molecular weight excluding hydrogens is 281 g/mol. The smallest absolute Gasteiger partial charge is 0.138 e. The van der Waals surface area contributed by atoms with E-state index in [9.17, 15) is 4.39 Å². The van der Waals surface area contributed by atoms with Gasteiger partial charge in [0.1, 0.15) is 11.2 Å². The first-order chi connectivity index (χ1) is 10.1. The average molecular weight is 307 g/mol. The Bertz CT molecular complexity index is 437. The molecule has 0 unspecified atom stereocenters. The number of thioether (sulfide) groups is 1. The molecular formula is C18H26FNS. The zero-order valence-electron chi connectivity index (χ0n) is 13.2. The largest absolute Gasteiger partial charge is 0.206 e. The molecule has 1 saturated carbocycles. The van der Waals surface area contributed by atoms with Gasteiger partial charge in [0, 0.05) is 0 Å². The molecule has 3 heteroatoms. The fourth-order valence-corrected chi connectivity index (χ4v) is 3.10. The highest BCUT2D eigenvalue weighted by Crippen LogP contribution is 2.32. The van der Waals surface area contributed by atoms with Crippen molar-refractivity contribution < 1.29 is 4.39 Å². The van der Waals surface area contributed by atoms with E-state index in [0.29, 0.717) is 0 Å². The summed E-state index contributed by atoms with van der Waals surface area (Å²) in [5.41, 5.74) is 1.04. The Morgan fingerprint density at radius 3 is 2.62 bits per heavy atom. The van der Waals surface area contributed by atoms with Gasteiger partial charge in [-0.05, 0) is 54.5 Å².